The van der Waals surface area contributed by atoms with Crippen molar-refractivity contribution in [2.24, 2.45) is 0 Å². The molecule has 4 heteroatoms. The maximum absolute atomic E-state index is 14.0. The van der Waals surface area contributed by atoms with E-state index in [4.69, 9.17) is 0 Å². The van der Waals surface area contributed by atoms with Gasteiger partial charge in [-0.15, -0.1) is 0 Å². The monoisotopic (exact) mass is 255 g/mol. The summed E-state index contributed by atoms with van der Waals surface area (Å²) in [5.74, 6) is 0.406. The van der Waals surface area contributed by atoms with E-state index in [0.29, 0.717) is 22.2 Å². The van der Waals surface area contributed by atoms with Gasteiger partial charge in [-0.05, 0) is 12.1 Å². The lowest BCUT2D eigenvalue weighted by Crippen LogP contribution is -2.15. The first-order valence-corrected chi connectivity index (χ1v) is 6.17. The smallest absolute Gasteiger partial charge is 0.134 e. The summed E-state index contributed by atoms with van der Waals surface area (Å²) in [5.41, 5.74) is 1.05. The van der Waals surface area contributed by atoms with Crippen molar-refractivity contribution in [2.45, 2.75) is 26.2 Å². The van der Waals surface area contributed by atoms with Gasteiger partial charge in [0.25, 0.3) is 0 Å². The van der Waals surface area contributed by atoms with Crippen LogP contribution in [-0.4, -0.2) is 15.0 Å². The molecule has 0 fully saturated rings. The van der Waals surface area contributed by atoms with Gasteiger partial charge < -0.3 is 0 Å². The SMILES string of the molecule is CC(C)(C)c1ncc2c(cc(F)c3cccnc32)n1. The van der Waals surface area contributed by atoms with E-state index in [2.05, 4.69) is 15.0 Å². The van der Waals surface area contributed by atoms with Crippen LogP contribution in [0.1, 0.15) is 26.6 Å². The number of hydrogen-bond acceptors (Lipinski definition) is 3. The molecule has 0 atom stereocenters. The average Bonchev–Trinajstić information content (AvgIpc) is 2.37. The molecule has 3 rings (SSSR count). The Labute approximate surface area is 110 Å². The number of fused-ring (bicyclic) bond motifs is 3. The lowest BCUT2D eigenvalue weighted by molar-refractivity contribution is 0.548. The summed E-state index contributed by atoms with van der Waals surface area (Å²) in [6, 6.07) is 4.90. The van der Waals surface area contributed by atoms with Gasteiger partial charge >= 0.3 is 0 Å². The van der Waals surface area contributed by atoms with Crippen molar-refractivity contribution < 1.29 is 4.39 Å². The minimum atomic E-state index is -0.297. The number of nitrogens with zero attached hydrogens (tertiary/aromatic N) is 3. The summed E-state index contributed by atoms with van der Waals surface area (Å²) in [6.07, 6.45) is 3.39. The van der Waals surface area contributed by atoms with Crippen molar-refractivity contribution in [1.29, 1.82) is 0 Å². The van der Waals surface area contributed by atoms with Gasteiger partial charge in [0.15, 0.2) is 0 Å². The van der Waals surface area contributed by atoms with Crippen LogP contribution in [0, 0.1) is 5.82 Å². The maximum atomic E-state index is 14.0. The van der Waals surface area contributed by atoms with Crippen molar-refractivity contribution in [3.63, 3.8) is 0 Å². The van der Waals surface area contributed by atoms with Gasteiger partial charge in [-0.25, -0.2) is 14.4 Å². The third-order valence-corrected chi connectivity index (χ3v) is 3.07. The minimum Gasteiger partial charge on any atom is -0.255 e. The summed E-state index contributed by atoms with van der Waals surface area (Å²) in [4.78, 5) is 13.1. The molecule has 3 aromatic rings. The molecule has 0 saturated carbocycles. The maximum Gasteiger partial charge on any atom is 0.134 e. The van der Waals surface area contributed by atoms with Crippen LogP contribution in [-0.2, 0) is 5.41 Å². The normalized spacial score (nSPS) is 12.2. The minimum absolute atomic E-state index is 0.163. The second-order valence-corrected chi connectivity index (χ2v) is 5.63. The van der Waals surface area contributed by atoms with Crippen molar-refractivity contribution in [2.75, 3.05) is 0 Å². The van der Waals surface area contributed by atoms with Gasteiger partial charge in [0.05, 0.1) is 11.0 Å². The molecule has 0 aliphatic rings. The Morgan fingerprint density at radius 3 is 2.63 bits per heavy atom. The molecule has 1 aromatic carbocycles. The van der Waals surface area contributed by atoms with E-state index in [1.54, 1.807) is 24.5 Å². The molecule has 0 N–H and O–H groups in total. The highest BCUT2D eigenvalue weighted by atomic mass is 19.1. The highest BCUT2D eigenvalue weighted by Crippen LogP contribution is 2.26. The summed E-state index contributed by atoms with van der Waals surface area (Å²) >= 11 is 0. The lowest BCUT2D eigenvalue weighted by Gasteiger charge is -2.16. The zero-order valence-electron chi connectivity index (χ0n) is 11.1. The molecule has 3 nitrogen and oxygen atoms in total. The zero-order chi connectivity index (χ0) is 13.6. The van der Waals surface area contributed by atoms with Crippen LogP contribution in [0.3, 0.4) is 0 Å². The fourth-order valence-electron chi connectivity index (χ4n) is 2.06. The molecule has 0 spiro atoms. The Balaban J connectivity index is 2.40. The van der Waals surface area contributed by atoms with Gasteiger partial charge in [-0.1, -0.05) is 20.8 Å². The van der Waals surface area contributed by atoms with Gasteiger partial charge in [0, 0.05) is 34.6 Å². The molecule has 19 heavy (non-hydrogen) atoms. The van der Waals surface area contributed by atoms with Crippen LogP contribution < -0.4 is 0 Å². The molecular weight excluding hydrogens is 241 g/mol. The molecule has 2 aromatic heterocycles. The highest BCUT2D eigenvalue weighted by Gasteiger charge is 2.18. The number of hydrogen-bond donors (Lipinski definition) is 0. The van der Waals surface area contributed by atoms with E-state index in [9.17, 15) is 4.39 Å². The van der Waals surface area contributed by atoms with E-state index < -0.39 is 0 Å². The highest BCUT2D eigenvalue weighted by molar-refractivity contribution is 6.03. The predicted molar refractivity (Wildman–Crippen MR) is 73.5 cm³/mol. The molecule has 0 radical (unpaired) electrons. The third-order valence-electron chi connectivity index (χ3n) is 3.07. The fourth-order valence-corrected chi connectivity index (χ4v) is 2.06. The van der Waals surface area contributed by atoms with Crippen LogP contribution in [0.15, 0.2) is 30.6 Å². The number of halogens is 1. The number of pyridine rings is 1. The van der Waals surface area contributed by atoms with Crippen molar-refractivity contribution in [1.82, 2.24) is 15.0 Å². The van der Waals surface area contributed by atoms with Crippen LogP contribution in [0.4, 0.5) is 4.39 Å². The lowest BCUT2D eigenvalue weighted by atomic mass is 9.95. The Morgan fingerprint density at radius 1 is 1.11 bits per heavy atom. The van der Waals surface area contributed by atoms with Gasteiger partial charge in [-0.2, -0.15) is 0 Å². The van der Waals surface area contributed by atoms with Crippen molar-refractivity contribution in [3.8, 4) is 0 Å². The summed E-state index contributed by atoms with van der Waals surface area (Å²) in [5, 5.41) is 1.28. The van der Waals surface area contributed by atoms with Gasteiger partial charge in [-0.3, -0.25) is 4.98 Å². The molecule has 0 unspecified atom stereocenters. The zero-order valence-corrected chi connectivity index (χ0v) is 11.1. The summed E-state index contributed by atoms with van der Waals surface area (Å²) < 4.78 is 14.0. The Bertz CT molecular complexity index is 775. The van der Waals surface area contributed by atoms with Crippen LogP contribution >= 0.6 is 0 Å². The van der Waals surface area contributed by atoms with Crippen LogP contribution in [0.5, 0.6) is 0 Å². The summed E-state index contributed by atoms with van der Waals surface area (Å²) in [6.45, 7) is 6.09. The quantitative estimate of drug-likeness (QED) is 0.576. The standard InChI is InChI=1S/C15H14FN3/c1-15(2,3)14-18-8-10-12(19-14)7-11(16)9-5-4-6-17-13(9)10/h4-8H,1-3H3. The second kappa shape index (κ2) is 3.95. The molecule has 0 aliphatic heterocycles. The van der Waals surface area contributed by atoms with E-state index in [-0.39, 0.29) is 11.2 Å². The average molecular weight is 255 g/mol. The Kier molecular flexibility index (Phi) is 2.49. The van der Waals surface area contributed by atoms with E-state index in [1.807, 2.05) is 20.8 Å². The molecule has 0 aliphatic carbocycles. The first-order chi connectivity index (χ1) is 8.97. The largest absolute Gasteiger partial charge is 0.255 e. The predicted octanol–water partition coefficient (Wildman–Crippen LogP) is 3.61. The van der Waals surface area contributed by atoms with E-state index in [0.717, 1.165) is 5.39 Å². The topological polar surface area (TPSA) is 38.7 Å². The van der Waals surface area contributed by atoms with Gasteiger partial charge in [0.2, 0.25) is 0 Å². The molecule has 0 amide bonds. The molecule has 2 heterocycles. The fraction of sp³-hybridized carbons (Fsp3) is 0.267. The third kappa shape index (κ3) is 1.93. The van der Waals surface area contributed by atoms with Crippen LogP contribution in [0.25, 0.3) is 21.8 Å². The number of aromatic nitrogens is 3. The first-order valence-electron chi connectivity index (χ1n) is 6.17. The molecule has 96 valence electrons. The second-order valence-electron chi connectivity index (χ2n) is 5.63. The molecule has 0 bridgehead atoms. The van der Waals surface area contributed by atoms with Crippen LogP contribution in [0.2, 0.25) is 0 Å². The summed E-state index contributed by atoms with van der Waals surface area (Å²) in [7, 11) is 0. The molecule has 0 saturated heterocycles. The van der Waals surface area contributed by atoms with Gasteiger partial charge in [0.1, 0.15) is 11.6 Å². The van der Waals surface area contributed by atoms with E-state index in [1.165, 1.54) is 6.07 Å². The molecular formula is C15H14FN3. The number of rotatable bonds is 0. The van der Waals surface area contributed by atoms with Crippen molar-refractivity contribution in [3.05, 3.63) is 42.2 Å². The Morgan fingerprint density at radius 2 is 1.89 bits per heavy atom. The number of benzene rings is 1. The van der Waals surface area contributed by atoms with E-state index >= 15 is 0 Å². The Hall–Kier alpha value is -2.10. The first kappa shape index (κ1) is 12.0. The van der Waals surface area contributed by atoms with Crippen molar-refractivity contribution >= 4 is 21.8 Å².